The lowest BCUT2D eigenvalue weighted by Crippen LogP contribution is -2.25. The van der Waals surface area contributed by atoms with Crippen molar-refractivity contribution in [2.75, 3.05) is 6.61 Å². The van der Waals surface area contributed by atoms with Crippen LogP contribution < -0.4 is 5.32 Å². The minimum absolute atomic E-state index is 0.271. The maximum atomic E-state index is 8.69. The molecule has 84 valence electrons. The van der Waals surface area contributed by atoms with Crippen molar-refractivity contribution in [2.24, 2.45) is 0 Å². The molecule has 0 saturated heterocycles. The fourth-order valence-corrected chi connectivity index (χ4v) is 1.52. The average Bonchev–Trinajstić information content (AvgIpc) is 2.25. The predicted octanol–water partition coefficient (Wildman–Crippen LogP) is 2.59. The van der Waals surface area contributed by atoms with Gasteiger partial charge in [-0.1, -0.05) is 23.7 Å². The molecule has 0 fully saturated rings. The van der Waals surface area contributed by atoms with E-state index in [1.807, 2.05) is 24.3 Å². The van der Waals surface area contributed by atoms with Gasteiger partial charge in [-0.15, -0.1) is 0 Å². The van der Waals surface area contributed by atoms with Crippen molar-refractivity contribution in [1.82, 2.24) is 5.32 Å². The van der Waals surface area contributed by atoms with Crippen LogP contribution in [0.25, 0.3) is 0 Å². The largest absolute Gasteiger partial charge is 0.396 e. The third-order valence-electron chi connectivity index (χ3n) is 2.36. The first-order chi connectivity index (χ1) is 7.22. The van der Waals surface area contributed by atoms with Crippen molar-refractivity contribution in [1.29, 1.82) is 0 Å². The number of rotatable bonds is 6. The summed E-state index contributed by atoms with van der Waals surface area (Å²) in [6, 6.07) is 8.28. The van der Waals surface area contributed by atoms with Crippen LogP contribution in [0.15, 0.2) is 24.3 Å². The van der Waals surface area contributed by atoms with Gasteiger partial charge in [-0.05, 0) is 37.5 Å². The lowest BCUT2D eigenvalue weighted by atomic mass is 10.1. The summed E-state index contributed by atoms with van der Waals surface area (Å²) in [7, 11) is 0. The molecule has 1 unspecified atom stereocenters. The van der Waals surface area contributed by atoms with E-state index >= 15 is 0 Å². The van der Waals surface area contributed by atoms with Crippen LogP contribution in [-0.2, 0) is 6.54 Å². The van der Waals surface area contributed by atoms with Crippen molar-refractivity contribution in [3.63, 3.8) is 0 Å². The van der Waals surface area contributed by atoms with Gasteiger partial charge in [-0.2, -0.15) is 0 Å². The highest BCUT2D eigenvalue weighted by atomic mass is 35.5. The van der Waals surface area contributed by atoms with E-state index in [1.165, 1.54) is 5.56 Å². The van der Waals surface area contributed by atoms with Gasteiger partial charge in [0.1, 0.15) is 0 Å². The molecular weight excluding hydrogens is 210 g/mol. The summed E-state index contributed by atoms with van der Waals surface area (Å²) < 4.78 is 0. The van der Waals surface area contributed by atoms with Crippen molar-refractivity contribution >= 4 is 11.6 Å². The Morgan fingerprint density at radius 3 is 2.60 bits per heavy atom. The molecule has 3 heteroatoms. The van der Waals surface area contributed by atoms with Crippen molar-refractivity contribution in [2.45, 2.75) is 32.4 Å². The number of aliphatic hydroxyl groups excluding tert-OH is 1. The molecule has 0 heterocycles. The average molecular weight is 228 g/mol. The van der Waals surface area contributed by atoms with Crippen LogP contribution in [0.4, 0.5) is 0 Å². The fourth-order valence-electron chi connectivity index (χ4n) is 1.39. The fraction of sp³-hybridized carbons (Fsp3) is 0.500. The molecule has 0 aliphatic rings. The Morgan fingerprint density at radius 1 is 1.33 bits per heavy atom. The molecule has 15 heavy (non-hydrogen) atoms. The van der Waals surface area contributed by atoms with E-state index in [4.69, 9.17) is 16.7 Å². The molecule has 0 aliphatic heterocycles. The van der Waals surface area contributed by atoms with E-state index in [2.05, 4.69) is 12.2 Å². The molecule has 2 nitrogen and oxygen atoms in total. The van der Waals surface area contributed by atoms with Crippen molar-refractivity contribution in [3.8, 4) is 0 Å². The molecule has 2 N–H and O–H groups in total. The predicted molar refractivity (Wildman–Crippen MR) is 64.1 cm³/mol. The summed E-state index contributed by atoms with van der Waals surface area (Å²) in [6.45, 7) is 3.25. The highest BCUT2D eigenvalue weighted by Crippen LogP contribution is 2.09. The highest BCUT2D eigenvalue weighted by molar-refractivity contribution is 6.30. The molecule has 1 atom stereocenters. The molecule has 0 radical (unpaired) electrons. The second-order valence-corrected chi connectivity index (χ2v) is 4.21. The zero-order valence-electron chi connectivity index (χ0n) is 9.04. The molecular formula is C12H18ClNO. The third kappa shape index (κ3) is 5.17. The minimum atomic E-state index is 0.271. The summed E-state index contributed by atoms with van der Waals surface area (Å²) in [5.74, 6) is 0. The second-order valence-electron chi connectivity index (χ2n) is 3.77. The Morgan fingerprint density at radius 2 is 2.00 bits per heavy atom. The SMILES string of the molecule is CC(CCCO)NCc1ccc(Cl)cc1. The number of hydrogen-bond donors (Lipinski definition) is 2. The quantitative estimate of drug-likeness (QED) is 0.783. The maximum absolute atomic E-state index is 8.69. The molecule has 0 saturated carbocycles. The Balaban J connectivity index is 2.27. The number of nitrogens with one attached hydrogen (secondary N) is 1. The molecule has 1 aromatic carbocycles. The monoisotopic (exact) mass is 227 g/mol. The first kappa shape index (κ1) is 12.5. The van der Waals surface area contributed by atoms with Gasteiger partial charge in [-0.25, -0.2) is 0 Å². The minimum Gasteiger partial charge on any atom is -0.396 e. The third-order valence-corrected chi connectivity index (χ3v) is 2.62. The molecule has 1 aromatic rings. The van der Waals surface area contributed by atoms with E-state index in [1.54, 1.807) is 0 Å². The summed E-state index contributed by atoms with van der Waals surface area (Å²) in [4.78, 5) is 0. The zero-order valence-corrected chi connectivity index (χ0v) is 9.80. The second kappa shape index (κ2) is 6.83. The Kier molecular flexibility index (Phi) is 5.69. The normalized spacial score (nSPS) is 12.7. The topological polar surface area (TPSA) is 32.3 Å². The van der Waals surface area contributed by atoms with E-state index in [0.717, 1.165) is 24.4 Å². The summed E-state index contributed by atoms with van der Waals surface area (Å²) in [6.07, 6.45) is 1.86. The standard InChI is InChI=1S/C12H18ClNO/c1-10(3-2-8-15)14-9-11-4-6-12(13)7-5-11/h4-7,10,14-15H,2-3,8-9H2,1H3. The first-order valence-corrected chi connectivity index (χ1v) is 5.69. The molecule has 0 aromatic heterocycles. The van der Waals surface area contributed by atoms with Gasteiger partial charge < -0.3 is 10.4 Å². The summed E-state index contributed by atoms with van der Waals surface area (Å²) in [5.41, 5.74) is 1.23. The van der Waals surface area contributed by atoms with Gasteiger partial charge in [0.05, 0.1) is 0 Å². The van der Waals surface area contributed by atoms with Gasteiger partial charge >= 0.3 is 0 Å². The Bertz CT molecular complexity index is 273. The van der Waals surface area contributed by atoms with Crippen molar-refractivity contribution < 1.29 is 5.11 Å². The molecule has 0 bridgehead atoms. The Hall–Kier alpha value is -0.570. The highest BCUT2D eigenvalue weighted by Gasteiger charge is 2.00. The maximum Gasteiger partial charge on any atom is 0.0431 e. The van der Waals surface area contributed by atoms with Gasteiger partial charge in [0.25, 0.3) is 0 Å². The zero-order chi connectivity index (χ0) is 11.1. The molecule has 1 rings (SSSR count). The van der Waals surface area contributed by atoms with Crippen molar-refractivity contribution in [3.05, 3.63) is 34.9 Å². The van der Waals surface area contributed by atoms with Crippen LogP contribution in [0.2, 0.25) is 5.02 Å². The lowest BCUT2D eigenvalue weighted by Gasteiger charge is -2.12. The van der Waals surface area contributed by atoms with Gasteiger partial charge in [0, 0.05) is 24.2 Å². The van der Waals surface area contributed by atoms with Gasteiger partial charge in [-0.3, -0.25) is 0 Å². The number of hydrogen-bond acceptors (Lipinski definition) is 2. The molecule has 0 spiro atoms. The summed E-state index contributed by atoms with van der Waals surface area (Å²) >= 11 is 5.79. The first-order valence-electron chi connectivity index (χ1n) is 5.31. The smallest absolute Gasteiger partial charge is 0.0431 e. The number of aliphatic hydroxyl groups is 1. The number of halogens is 1. The van der Waals surface area contributed by atoms with Crippen LogP contribution in [0.5, 0.6) is 0 Å². The summed E-state index contributed by atoms with van der Waals surface area (Å²) in [5, 5.41) is 12.9. The van der Waals surface area contributed by atoms with E-state index < -0.39 is 0 Å². The Labute approximate surface area is 96.3 Å². The van der Waals surface area contributed by atoms with Crippen LogP contribution >= 0.6 is 11.6 Å². The van der Waals surface area contributed by atoms with Crippen LogP contribution in [0.3, 0.4) is 0 Å². The van der Waals surface area contributed by atoms with Gasteiger partial charge in [0.15, 0.2) is 0 Å². The lowest BCUT2D eigenvalue weighted by molar-refractivity contribution is 0.276. The van der Waals surface area contributed by atoms with E-state index in [9.17, 15) is 0 Å². The molecule has 0 aliphatic carbocycles. The van der Waals surface area contributed by atoms with E-state index in [0.29, 0.717) is 6.04 Å². The van der Waals surface area contributed by atoms with Crippen LogP contribution in [0, 0.1) is 0 Å². The molecule has 0 amide bonds. The van der Waals surface area contributed by atoms with E-state index in [-0.39, 0.29) is 6.61 Å². The number of benzene rings is 1. The van der Waals surface area contributed by atoms with Crippen LogP contribution in [0.1, 0.15) is 25.3 Å². The van der Waals surface area contributed by atoms with Gasteiger partial charge in [0.2, 0.25) is 0 Å². The van der Waals surface area contributed by atoms with Crippen LogP contribution in [-0.4, -0.2) is 17.8 Å².